The van der Waals surface area contributed by atoms with Gasteiger partial charge in [0.2, 0.25) is 5.91 Å². The van der Waals surface area contributed by atoms with Gasteiger partial charge in [0.1, 0.15) is 5.75 Å². The molecule has 0 spiro atoms. The highest BCUT2D eigenvalue weighted by molar-refractivity contribution is 6.34. The van der Waals surface area contributed by atoms with Gasteiger partial charge in [0.25, 0.3) is 5.91 Å². The van der Waals surface area contributed by atoms with Crippen LogP contribution in [0, 0.1) is 0 Å². The van der Waals surface area contributed by atoms with Crippen LogP contribution in [0.3, 0.4) is 0 Å². The Morgan fingerprint density at radius 3 is 3.00 bits per heavy atom. The second-order valence-electron chi connectivity index (χ2n) is 4.90. The van der Waals surface area contributed by atoms with Gasteiger partial charge in [-0.3, -0.25) is 9.59 Å². The van der Waals surface area contributed by atoms with E-state index in [0.29, 0.717) is 22.1 Å². The predicted molar refractivity (Wildman–Crippen MR) is 82.0 cm³/mol. The largest absolute Gasteiger partial charge is 0.482 e. The summed E-state index contributed by atoms with van der Waals surface area (Å²) < 4.78 is 5.29. The maximum Gasteiger partial charge on any atom is 0.262 e. The molecular formula is C14H18ClN3O3. The number of ether oxygens (including phenoxy) is 1. The van der Waals surface area contributed by atoms with Crippen molar-refractivity contribution in [1.29, 1.82) is 0 Å². The number of fused-ring (bicyclic) bond motifs is 1. The Labute approximate surface area is 128 Å². The van der Waals surface area contributed by atoms with E-state index in [9.17, 15) is 9.59 Å². The molecule has 2 amide bonds. The molecule has 114 valence electrons. The first-order valence-corrected chi connectivity index (χ1v) is 7.16. The SMILES string of the molecule is CCC(C)NCC(=O)Nc1cc2c(cc1Cl)NC(=O)CO2. The summed E-state index contributed by atoms with van der Waals surface area (Å²) in [6.45, 7) is 4.22. The molecule has 1 aliphatic rings. The van der Waals surface area contributed by atoms with E-state index in [1.807, 2.05) is 13.8 Å². The molecule has 7 heteroatoms. The van der Waals surface area contributed by atoms with E-state index < -0.39 is 0 Å². The summed E-state index contributed by atoms with van der Waals surface area (Å²) in [4.78, 5) is 23.1. The van der Waals surface area contributed by atoms with Crippen molar-refractivity contribution in [3.63, 3.8) is 0 Å². The van der Waals surface area contributed by atoms with E-state index in [2.05, 4.69) is 16.0 Å². The maximum absolute atomic E-state index is 11.9. The zero-order chi connectivity index (χ0) is 15.4. The molecule has 0 radical (unpaired) electrons. The molecule has 0 saturated heterocycles. The number of anilines is 2. The topological polar surface area (TPSA) is 79.5 Å². The highest BCUT2D eigenvalue weighted by Crippen LogP contribution is 2.36. The standard InChI is InChI=1S/C14H18ClN3O3/c1-3-8(2)16-6-13(19)17-10-5-12-11(4-9(10)15)18-14(20)7-21-12/h4-5,8,16H,3,6-7H2,1-2H3,(H,17,19)(H,18,20). The molecule has 21 heavy (non-hydrogen) atoms. The van der Waals surface area contributed by atoms with Crippen LogP contribution in [0.4, 0.5) is 11.4 Å². The van der Waals surface area contributed by atoms with Gasteiger partial charge in [0.05, 0.1) is 22.9 Å². The van der Waals surface area contributed by atoms with Crippen molar-refractivity contribution < 1.29 is 14.3 Å². The first-order chi connectivity index (χ1) is 9.99. The molecule has 0 aromatic heterocycles. The molecule has 0 fully saturated rings. The molecular weight excluding hydrogens is 294 g/mol. The van der Waals surface area contributed by atoms with Gasteiger partial charge >= 0.3 is 0 Å². The molecule has 1 heterocycles. The lowest BCUT2D eigenvalue weighted by Gasteiger charge is -2.20. The molecule has 0 saturated carbocycles. The molecule has 0 bridgehead atoms. The quantitative estimate of drug-likeness (QED) is 0.777. The van der Waals surface area contributed by atoms with E-state index in [-0.39, 0.29) is 31.0 Å². The average Bonchev–Trinajstić information content (AvgIpc) is 2.45. The Balaban J connectivity index is 2.03. The molecule has 0 aliphatic carbocycles. The summed E-state index contributed by atoms with van der Waals surface area (Å²) in [6, 6.07) is 3.44. The molecule has 6 nitrogen and oxygen atoms in total. The molecule has 3 N–H and O–H groups in total. The molecule has 1 unspecified atom stereocenters. The van der Waals surface area contributed by atoms with E-state index >= 15 is 0 Å². The molecule has 1 atom stereocenters. The first kappa shape index (κ1) is 15.6. The van der Waals surface area contributed by atoms with Crippen molar-refractivity contribution >= 4 is 34.8 Å². The van der Waals surface area contributed by atoms with Crippen molar-refractivity contribution in [2.45, 2.75) is 26.3 Å². The Hall–Kier alpha value is -1.79. The molecule has 1 aliphatic heterocycles. The molecule has 2 rings (SSSR count). The van der Waals surface area contributed by atoms with Gasteiger partial charge in [-0.15, -0.1) is 0 Å². The minimum atomic E-state index is -0.229. The number of halogens is 1. The van der Waals surface area contributed by atoms with E-state index in [0.717, 1.165) is 6.42 Å². The van der Waals surface area contributed by atoms with Crippen molar-refractivity contribution in [1.82, 2.24) is 5.32 Å². The normalized spacial score (nSPS) is 14.7. The van der Waals surface area contributed by atoms with Crippen molar-refractivity contribution in [3.8, 4) is 5.75 Å². The monoisotopic (exact) mass is 311 g/mol. The minimum Gasteiger partial charge on any atom is -0.482 e. The van der Waals surface area contributed by atoms with E-state index in [1.54, 1.807) is 12.1 Å². The smallest absolute Gasteiger partial charge is 0.262 e. The van der Waals surface area contributed by atoms with Gasteiger partial charge in [-0.05, 0) is 19.4 Å². The number of nitrogens with one attached hydrogen (secondary N) is 3. The fraction of sp³-hybridized carbons (Fsp3) is 0.429. The van der Waals surface area contributed by atoms with Gasteiger partial charge in [-0.1, -0.05) is 18.5 Å². The fourth-order valence-electron chi connectivity index (χ4n) is 1.80. The van der Waals surface area contributed by atoms with Gasteiger partial charge in [-0.25, -0.2) is 0 Å². The van der Waals surface area contributed by atoms with Crippen molar-refractivity contribution in [2.24, 2.45) is 0 Å². The Kier molecular flexibility index (Phi) is 5.03. The maximum atomic E-state index is 11.9. The lowest BCUT2D eigenvalue weighted by molar-refractivity contribution is -0.118. The Morgan fingerprint density at radius 2 is 2.29 bits per heavy atom. The number of hydrogen-bond acceptors (Lipinski definition) is 4. The van der Waals surface area contributed by atoms with Gasteiger partial charge in [0, 0.05) is 12.1 Å². The summed E-state index contributed by atoms with van der Waals surface area (Å²) in [5, 5.41) is 8.82. The first-order valence-electron chi connectivity index (χ1n) is 6.79. The predicted octanol–water partition coefficient (Wildman–Crippen LogP) is 2.00. The van der Waals surface area contributed by atoms with Crippen molar-refractivity contribution in [3.05, 3.63) is 17.2 Å². The third-order valence-electron chi connectivity index (χ3n) is 3.20. The van der Waals surface area contributed by atoms with E-state index in [4.69, 9.17) is 16.3 Å². The van der Waals surface area contributed by atoms with E-state index in [1.165, 1.54) is 0 Å². The summed E-state index contributed by atoms with van der Waals surface area (Å²) in [6.07, 6.45) is 0.945. The number of benzene rings is 1. The van der Waals surface area contributed by atoms with Crippen LogP contribution in [0.5, 0.6) is 5.75 Å². The van der Waals surface area contributed by atoms with Gasteiger partial charge in [-0.2, -0.15) is 0 Å². The number of amides is 2. The lowest BCUT2D eigenvalue weighted by Crippen LogP contribution is -2.34. The molecule has 1 aromatic rings. The van der Waals surface area contributed by atoms with Crippen molar-refractivity contribution in [2.75, 3.05) is 23.8 Å². The Morgan fingerprint density at radius 1 is 1.52 bits per heavy atom. The number of rotatable bonds is 5. The third kappa shape index (κ3) is 4.09. The third-order valence-corrected chi connectivity index (χ3v) is 3.51. The summed E-state index contributed by atoms with van der Waals surface area (Å²) in [7, 11) is 0. The minimum absolute atomic E-state index is 0.0441. The number of hydrogen-bond donors (Lipinski definition) is 3. The second kappa shape index (κ2) is 6.78. The van der Waals surface area contributed by atoms with Gasteiger partial charge < -0.3 is 20.7 Å². The highest BCUT2D eigenvalue weighted by Gasteiger charge is 2.19. The molecule has 1 aromatic carbocycles. The summed E-state index contributed by atoms with van der Waals surface area (Å²) >= 11 is 6.10. The fourth-order valence-corrected chi connectivity index (χ4v) is 2.01. The van der Waals surface area contributed by atoms with Crippen LogP contribution in [0.1, 0.15) is 20.3 Å². The summed E-state index contributed by atoms with van der Waals surface area (Å²) in [5.41, 5.74) is 0.967. The number of carbonyl (C=O) groups is 2. The van der Waals surface area contributed by atoms with Gasteiger partial charge in [0.15, 0.2) is 6.61 Å². The zero-order valence-electron chi connectivity index (χ0n) is 12.0. The van der Waals surface area contributed by atoms with Crippen LogP contribution in [0.15, 0.2) is 12.1 Å². The van der Waals surface area contributed by atoms with Crippen LogP contribution in [0.2, 0.25) is 5.02 Å². The number of carbonyl (C=O) groups excluding carboxylic acids is 2. The Bertz CT molecular complexity index is 563. The lowest BCUT2D eigenvalue weighted by atomic mass is 10.2. The van der Waals surface area contributed by atoms with Crippen LogP contribution >= 0.6 is 11.6 Å². The van der Waals surface area contributed by atoms with Crippen LogP contribution in [0.25, 0.3) is 0 Å². The summed E-state index contributed by atoms with van der Waals surface area (Å²) in [5.74, 6) is 0.0780. The average molecular weight is 312 g/mol. The second-order valence-corrected chi connectivity index (χ2v) is 5.31. The van der Waals surface area contributed by atoms with Crippen LogP contribution in [-0.2, 0) is 9.59 Å². The zero-order valence-corrected chi connectivity index (χ0v) is 12.7. The van der Waals surface area contributed by atoms with Crippen LogP contribution < -0.4 is 20.7 Å². The highest BCUT2D eigenvalue weighted by atomic mass is 35.5. The van der Waals surface area contributed by atoms with Crippen LogP contribution in [-0.4, -0.2) is 31.0 Å².